The third kappa shape index (κ3) is 3.18. The molecule has 0 bridgehead atoms. The average molecular weight is 246 g/mol. The molecule has 10 heteroatoms. The van der Waals surface area contributed by atoms with E-state index in [0.717, 1.165) is 0 Å². The highest BCUT2D eigenvalue weighted by Crippen LogP contribution is 2.42. The molecule has 0 saturated carbocycles. The fourth-order valence-corrected chi connectivity index (χ4v) is 1.44. The van der Waals surface area contributed by atoms with Crippen LogP contribution in [0, 0.1) is 0 Å². The fourth-order valence-electron chi connectivity index (χ4n) is 1.06. The highest BCUT2D eigenvalue weighted by atomic mass is 31.2. The van der Waals surface area contributed by atoms with Gasteiger partial charge in [0, 0.05) is 0 Å². The molecule has 0 spiro atoms. The van der Waals surface area contributed by atoms with Crippen molar-refractivity contribution in [3.05, 3.63) is 0 Å². The molecule has 15 heavy (non-hydrogen) atoms. The summed E-state index contributed by atoms with van der Waals surface area (Å²) in [6.45, 7) is -0.635. The molecular formula is C5H11O9P. The number of aliphatic hydroxyl groups excluding tert-OH is 3. The number of phosphoric acid groups is 1. The van der Waals surface area contributed by atoms with Crippen molar-refractivity contribution < 1.29 is 44.0 Å². The van der Waals surface area contributed by atoms with E-state index in [9.17, 15) is 9.67 Å². The Balaban J connectivity index is 2.44. The summed E-state index contributed by atoms with van der Waals surface area (Å²) >= 11 is 0. The van der Waals surface area contributed by atoms with Gasteiger partial charge in [-0.2, -0.15) is 0 Å². The van der Waals surface area contributed by atoms with E-state index in [2.05, 4.69) is 13.9 Å². The van der Waals surface area contributed by atoms with Crippen molar-refractivity contribution in [3.63, 3.8) is 0 Å². The van der Waals surface area contributed by atoms with Crippen molar-refractivity contribution in [2.75, 3.05) is 6.61 Å². The Morgan fingerprint density at radius 2 is 1.87 bits per heavy atom. The van der Waals surface area contributed by atoms with Crippen molar-refractivity contribution in [2.45, 2.75) is 24.6 Å². The summed E-state index contributed by atoms with van der Waals surface area (Å²) in [7, 11) is -4.59. The molecule has 1 aliphatic rings. The molecule has 1 unspecified atom stereocenters. The Morgan fingerprint density at radius 1 is 1.27 bits per heavy atom. The number of hydrogen-bond donors (Lipinski definition) is 5. The summed E-state index contributed by atoms with van der Waals surface area (Å²) in [5.41, 5.74) is 0. The van der Waals surface area contributed by atoms with E-state index in [-0.39, 0.29) is 0 Å². The standard InChI is InChI=1S/C5H11O9P/c6-3-2(13-5(8)4(3)7)1-12-15(10,11)14-9/h2-9H,1H2,(H,10,11)/t2-,3-,4-,5+/m1/s1. The molecular weight excluding hydrogens is 235 g/mol. The Kier molecular flexibility index (Phi) is 4.18. The van der Waals surface area contributed by atoms with E-state index in [1.807, 2.05) is 0 Å². The van der Waals surface area contributed by atoms with Crippen LogP contribution in [0.3, 0.4) is 0 Å². The van der Waals surface area contributed by atoms with Crippen LogP contribution in [0.1, 0.15) is 0 Å². The Morgan fingerprint density at radius 3 is 2.27 bits per heavy atom. The third-order valence-corrected chi connectivity index (χ3v) is 2.52. The predicted octanol–water partition coefficient (Wildman–Crippen LogP) is -1.97. The fraction of sp³-hybridized carbons (Fsp3) is 1.00. The quantitative estimate of drug-likeness (QED) is 0.216. The SMILES string of the molecule is O=P(O)(OO)OC[C@H]1O[C@H](O)[C@H](O)[C@@H]1O. The molecule has 90 valence electrons. The molecule has 5 atom stereocenters. The maximum atomic E-state index is 10.6. The Labute approximate surface area is 84.0 Å². The van der Waals surface area contributed by atoms with E-state index in [1.54, 1.807) is 0 Å². The van der Waals surface area contributed by atoms with Crippen LogP contribution in [-0.4, -0.2) is 56.7 Å². The number of ether oxygens (including phenoxy) is 1. The maximum Gasteiger partial charge on any atom is 0.499 e. The first-order valence-corrected chi connectivity index (χ1v) is 5.37. The topological polar surface area (TPSA) is 146 Å². The van der Waals surface area contributed by atoms with Gasteiger partial charge >= 0.3 is 7.82 Å². The van der Waals surface area contributed by atoms with Crippen molar-refractivity contribution >= 4 is 7.82 Å². The molecule has 5 N–H and O–H groups in total. The van der Waals surface area contributed by atoms with Gasteiger partial charge < -0.3 is 24.9 Å². The van der Waals surface area contributed by atoms with Gasteiger partial charge in [-0.05, 0) is 0 Å². The lowest BCUT2D eigenvalue weighted by atomic mass is 10.1. The van der Waals surface area contributed by atoms with Gasteiger partial charge in [0.1, 0.15) is 18.3 Å². The molecule has 0 amide bonds. The lowest BCUT2D eigenvalue weighted by Gasteiger charge is -2.15. The second kappa shape index (κ2) is 4.83. The molecule has 1 aliphatic heterocycles. The smallest absolute Gasteiger partial charge is 0.387 e. The number of hydrogen-bond acceptors (Lipinski definition) is 8. The van der Waals surface area contributed by atoms with Crippen molar-refractivity contribution in [2.24, 2.45) is 0 Å². The predicted molar refractivity (Wildman–Crippen MR) is 42.4 cm³/mol. The van der Waals surface area contributed by atoms with Crippen LogP contribution in [-0.2, 0) is 18.5 Å². The summed E-state index contributed by atoms with van der Waals surface area (Å²) in [5, 5.41) is 35.1. The Bertz CT molecular complexity index is 257. The Hall–Kier alpha value is -0.0900. The van der Waals surface area contributed by atoms with Crippen LogP contribution in [0.25, 0.3) is 0 Å². The van der Waals surface area contributed by atoms with Gasteiger partial charge in [-0.15, -0.1) is 4.67 Å². The second-order valence-corrected chi connectivity index (χ2v) is 4.25. The van der Waals surface area contributed by atoms with Crippen LogP contribution in [0.4, 0.5) is 0 Å². The van der Waals surface area contributed by atoms with Gasteiger partial charge in [-0.1, -0.05) is 0 Å². The zero-order valence-electron chi connectivity index (χ0n) is 7.33. The molecule has 0 aromatic carbocycles. The minimum absolute atomic E-state index is 0.635. The minimum atomic E-state index is -4.59. The molecule has 9 nitrogen and oxygen atoms in total. The molecule has 0 aromatic heterocycles. The van der Waals surface area contributed by atoms with Crippen LogP contribution in [0.5, 0.6) is 0 Å². The van der Waals surface area contributed by atoms with E-state index in [4.69, 9.17) is 20.4 Å². The normalized spacial score (nSPS) is 40.3. The van der Waals surface area contributed by atoms with Gasteiger partial charge in [-0.3, -0.25) is 4.52 Å². The first-order chi connectivity index (χ1) is 6.87. The molecule has 0 radical (unpaired) electrons. The molecule has 1 saturated heterocycles. The van der Waals surface area contributed by atoms with Gasteiger partial charge in [0.15, 0.2) is 6.29 Å². The lowest BCUT2D eigenvalue weighted by molar-refractivity contribution is -0.168. The minimum Gasteiger partial charge on any atom is -0.387 e. The first kappa shape index (κ1) is 13.0. The lowest BCUT2D eigenvalue weighted by Crippen LogP contribution is -2.34. The van der Waals surface area contributed by atoms with Gasteiger partial charge in [0.25, 0.3) is 0 Å². The maximum absolute atomic E-state index is 10.6. The van der Waals surface area contributed by atoms with E-state index < -0.39 is 39.0 Å². The second-order valence-electron chi connectivity index (χ2n) is 2.89. The zero-order chi connectivity index (χ0) is 11.6. The third-order valence-electron chi connectivity index (χ3n) is 1.84. The van der Waals surface area contributed by atoms with Crippen LogP contribution in [0.2, 0.25) is 0 Å². The highest BCUT2D eigenvalue weighted by molar-refractivity contribution is 7.47. The van der Waals surface area contributed by atoms with Crippen LogP contribution >= 0.6 is 7.82 Å². The van der Waals surface area contributed by atoms with Crippen molar-refractivity contribution in [1.82, 2.24) is 0 Å². The molecule has 1 fully saturated rings. The summed E-state index contributed by atoms with van der Waals surface area (Å²) in [6, 6.07) is 0. The highest BCUT2D eigenvalue weighted by Gasteiger charge is 2.42. The zero-order valence-corrected chi connectivity index (χ0v) is 8.23. The monoisotopic (exact) mass is 246 g/mol. The summed E-state index contributed by atoms with van der Waals surface area (Å²) in [5.74, 6) is 0. The van der Waals surface area contributed by atoms with E-state index >= 15 is 0 Å². The van der Waals surface area contributed by atoms with Gasteiger partial charge in [0.05, 0.1) is 6.61 Å². The van der Waals surface area contributed by atoms with E-state index in [1.165, 1.54) is 0 Å². The summed E-state index contributed by atoms with van der Waals surface area (Å²) < 4.78 is 22.5. The van der Waals surface area contributed by atoms with Crippen molar-refractivity contribution in [3.8, 4) is 0 Å². The van der Waals surface area contributed by atoms with Crippen molar-refractivity contribution in [1.29, 1.82) is 0 Å². The van der Waals surface area contributed by atoms with Crippen LogP contribution < -0.4 is 0 Å². The summed E-state index contributed by atoms with van der Waals surface area (Å²) in [4.78, 5) is 8.60. The molecule has 1 rings (SSSR count). The first-order valence-electron chi connectivity index (χ1n) is 3.87. The molecule has 0 aromatic rings. The average Bonchev–Trinajstić information content (AvgIpc) is 2.43. The van der Waals surface area contributed by atoms with Gasteiger partial charge in [-0.25, -0.2) is 9.82 Å². The summed E-state index contributed by atoms with van der Waals surface area (Å²) in [6.07, 6.45) is -5.77. The number of phosphoric ester groups is 1. The van der Waals surface area contributed by atoms with Gasteiger partial charge in [0.2, 0.25) is 0 Å². The van der Waals surface area contributed by atoms with Crippen LogP contribution in [0.15, 0.2) is 0 Å². The molecule has 1 heterocycles. The largest absolute Gasteiger partial charge is 0.499 e. The van der Waals surface area contributed by atoms with E-state index in [0.29, 0.717) is 0 Å². The number of rotatable bonds is 4. The number of aliphatic hydroxyl groups is 3. The molecule has 0 aliphatic carbocycles.